The number of nitrogens with one attached hydrogen (secondary N) is 2. The molecule has 0 radical (unpaired) electrons. The van der Waals surface area contributed by atoms with E-state index in [1.165, 1.54) is 0 Å². The molecular weight excluding hydrogens is 320 g/mol. The van der Waals surface area contributed by atoms with Crippen LogP contribution in [0, 0.1) is 6.92 Å². The molecule has 1 amide bonds. The maximum atomic E-state index is 12.2. The minimum Gasteiger partial charge on any atom is -0.491 e. The minimum atomic E-state index is -0.239. The first kappa shape index (κ1) is 17.9. The SMILES string of the molecule is CCCCOc1ccccc1NC(=S)NC(=O)c1ccc(C)cc1. The molecule has 0 heterocycles. The second-order valence-electron chi connectivity index (χ2n) is 5.47. The van der Waals surface area contributed by atoms with Gasteiger partial charge in [-0.25, -0.2) is 0 Å². The average molecular weight is 342 g/mol. The third-order valence-electron chi connectivity index (χ3n) is 3.43. The van der Waals surface area contributed by atoms with E-state index < -0.39 is 0 Å². The summed E-state index contributed by atoms with van der Waals surface area (Å²) in [5.74, 6) is 0.481. The largest absolute Gasteiger partial charge is 0.491 e. The lowest BCUT2D eigenvalue weighted by atomic mass is 10.1. The lowest BCUT2D eigenvalue weighted by Gasteiger charge is -2.14. The average Bonchev–Trinajstić information content (AvgIpc) is 2.57. The van der Waals surface area contributed by atoms with E-state index in [0.717, 1.165) is 29.8 Å². The second kappa shape index (κ2) is 9.03. The summed E-state index contributed by atoms with van der Waals surface area (Å²) in [4.78, 5) is 12.2. The summed E-state index contributed by atoms with van der Waals surface area (Å²) in [5, 5.41) is 5.95. The van der Waals surface area contributed by atoms with Gasteiger partial charge in [0.05, 0.1) is 12.3 Å². The Morgan fingerprint density at radius 1 is 1.12 bits per heavy atom. The third-order valence-corrected chi connectivity index (χ3v) is 3.64. The zero-order chi connectivity index (χ0) is 17.4. The summed E-state index contributed by atoms with van der Waals surface area (Å²) in [6, 6.07) is 14.9. The van der Waals surface area contributed by atoms with Gasteiger partial charge in [-0.15, -0.1) is 0 Å². The maximum absolute atomic E-state index is 12.2. The van der Waals surface area contributed by atoms with Crippen LogP contribution in [0.2, 0.25) is 0 Å². The van der Waals surface area contributed by atoms with Crippen molar-refractivity contribution in [3.05, 3.63) is 59.7 Å². The van der Waals surface area contributed by atoms with Gasteiger partial charge in [-0.3, -0.25) is 10.1 Å². The van der Waals surface area contributed by atoms with Crippen molar-refractivity contribution in [2.75, 3.05) is 11.9 Å². The van der Waals surface area contributed by atoms with Crippen LogP contribution in [0.5, 0.6) is 5.75 Å². The molecule has 5 heteroatoms. The minimum absolute atomic E-state index is 0.239. The number of carbonyl (C=O) groups excluding carboxylic acids is 1. The maximum Gasteiger partial charge on any atom is 0.257 e. The predicted octanol–water partition coefficient (Wildman–Crippen LogP) is 4.30. The van der Waals surface area contributed by atoms with Gasteiger partial charge in [0.25, 0.3) is 5.91 Å². The molecule has 0 aliphatic carbocycles. The molecule has 24 heavy (non-hydrogen) atoms. The quantitative estimate of drug-likeness (QED) is 0.607. The van der Waals surface area contributed by atoms with Gasteiger partial charge in [0.1, 0.15) is 5.75 Å². The van der Waals surface area contributed by atoms with Gasteiger partial charge in [0.15, 0.2) is 5.11 Å². The first-order chi connectivity index (χ1) is 11.6. The molecule has 0 aliphatic heterocycles. The number of thiocarbonyl (C=S) groups is 1. The Labute approximate surface area is 148 Å². The zero-order valence-corrected chi connectivity index (χ0v) is 14.8. The number of rotatable bonds is 6. The molecule has 2 rings (SSSR count). The fourth-order valence-corrected chi connectivity index (χ4v) is 2.26. The van der Waals surface area contributed by atoms with Crippen molar-refractivity contribution in [3.63, 3.8) is 0 Å². The monoisotopic (exact) mass is 342 g/mol. The highest BCUT2D eigenvalue weighted by atomic mass is 32.1. The van der Waals surface area contributed by atoms with Crippen molar-refractivity contribution in [3.8, 4) is 5.75 Å². The first-order valence-electron chi connectivity index (χ1n) is 8.01. The van der Waals surface area contributed by atoms with E-state index in [-0.39, 0.29) is 11.0 Å². The number of carbonyl (C=O) groups is 1. The number of anilines is 1. The number of unbranched alkanes of at least 4 members (excludes halogenated alkanes) is 1. The van der Waals surface area contributed by atoms with E-state index in [9.17, 15) is 4.79 Å². The number of amides is 1. The lowest BCUT2D eigenvalue weighted by Crippen LogP contribution is -2.34. The van der Waals surface area contributed by atoms with Gasteiger partial charge in [0.2, 0.25) is 0 Å². The zero-order valence-electron chi connectivity index (χ0n) is 14.0. The Hall–Kier alpha value is -2.40. The molecule has 0 saturated heterocycles. The summed E-state index contributed by atoms with van der Waals surface area (Å²) < 4.78 is 5.75. The van der Waals surface area contributed by atoms with Crippen LogP contribution in [-0.2, 0) is 0 Å². The Kier molecular flexibility index (Phi) is 6.75. The van der Waals surface area contributed by atoms with Crippen molar-refractivity contribution >= 4 is 28.9 Å². The molecular formula is C19H22N2O2S. The molecule has 2 N–H and O–H groups in total. The Morgan fingerprint density at radius 2 is 1.83 bits per heavy atom. The van der Waals surface area contributed by atoms with E-state index >= 15 is 0 Å². The fraction of sp³-hybridized carbons (Fsp3) is 0.263. The third kappa shape index (κ3) is 5.35. The number of aryl methyl sites for hydroxylation is 1. The van der Waals surface area contributed by atoms with E-state index in [1.54, 1.807) is 12.1 Å². The van der Waals surface area contributed by atoms with Crippen molar-refractivity contribution in [2.45, 2.75) is 26.7 Å². The molecule has 2 aromatic rings. The number of benzene rings is 2. The molecule has 0 aliphatic rings. The van der Waals surface area contributed by atoms with Crippen LogP contribution in [0.15, 0.2) is 48.5 Å². The second-order valence-corrected chi connectivity index (χ2v) is 5.88. The Morgan fingerprint density at radius 3 is 2.54 bits per heavy atom. The summed E-state index contributed by atoms with van der Waals surface area (Å²) in [6.07, 6.45) is 2.06. The van der Waals surface area contributed by atoms with Crippen LogP contribution in [-0.4, -0.2) is 17.6 Å². The number of para-hydroxylation sites is 2. The Bertz CT molecular complexity index is 699. The fourth-order valence-electron chi connectivity index (χ4n) is 2.06. The highest BCUT2D eigenvalue weighted by molar-refractivity contribution is 7.80. The van der Waals surface area contributed by atoms with Crippen molar-refractivity contribution in [1.29, 1.82) is 0 Å². The molecule has 0 unspecified atom stereocenters. The summed E-state index contributed by atoms with van der Waals surface area (Å²) >= 11 is 5.23. The van der Waals surface area contributed by atoms with E-state index in [0.29, 0.717) is 12.2 Å². The molecule has 0 atom stereocenters. The number of ether oxygens (including phenoxy) is 1. The van der Waals surface area contributed by atoms with Crippen molar-refractivity contribution in [1.82, 2.24) is 5.32 Å². The van der Waals surface area contributed by atoms with Gasteiger partial charge >= 0.3 is 0 Å². The van der Waals surface area contributed by atoms with Crippen LogP contribution in [0.1, 0.15) is 35.7 Å². The molecule has 2 aromatic carbocycles. The molecule has 126 valence electrons. The van der Waals surface area contributed by atoms with Crippen molar-refractivity contribution in [2.24, 2.45) is 0 Å². The van der Waals surface area contributed by atoms with E-state index in [2.05, 4.69) is 17.6 Å². The van der Waals surface area contributed by atoms with Crippen LogP contribution in [0.25, 0.3) is 0 Å². The molecule has 0 spiro atoms. The molecule has 4 nitrogen and oxygen atoms in total. The van der Waals surface area contributed by atoms with Gasteiger partial charge in [0, 0.05) is 5.56 Å². The van der Waals surface area contributed by atoms with Gasteiger partial charge in [-0.05, 0) is 49.8 Å². The van der Waals surface area contributed by atoms with Crippen LogP contribution < -0.4 is 15.4 Å². The predicted molar refractivity (Wildman–Crippen MR) is 102 cm³/mol. The summed E-state index contributed by atoms with van der Waals surface area (Å²) in [6.45, 7) is 4.74. The van der Waals surface area contributed by atoms with E-state index in [1.807, 2.05) is 43.3 Å². The van der Waals surface area contributed by atoms with Crippen molar-refractivity contribution < 1.29 is 9.53 Å². The number of hydrogen-bond donors (Lipinski definition) is 2. The molecule has 0 saturated carbocycles. The molecule has 0 bridgehead atoms. The van der Waals surface area contributed by atoms with E-state index in [4.69, 9.17) is 17.0 Å². The lowest BCUT2D eigenvalue weighted by molar-refractivity contribution is 0.0977. The summed E-state index contributed by atoms with van der Waals surface area (Å²) in [7, 11) is 0. The number of hydrogen-bond acceptors (Lipinski definition) is 3. The van der Waals surface area contributed by atoms with Crippen LogP contribution in [0.3, 0.4) is 0 Å². The van der Waals surface area contributed by atoms with Crippen LogP contribution in [0.4, 0.5) is 5.69 Å². The first-order valence-corrected chi connectivity index (χ1v) is 8.42. The highest BCUT2D eigenvalue weighted by Gasteiger charge is 2.09. The summed E-state index contributed by atoms with van der Waals surface area (Å²) in [5.41, 5.74) is 2.41. The standard InChI is InChI=1S/C19H22N2O2S/c1-3-4-13-23-17-8-6-5-7-16(17)20-19(24)21-18(22)15-11-9-14(2)10-12-15/h5-12H,3-4,13H2,1-2H3,(H2,20,21,22,24). The molecule has 0 fully saturated rings. The van der Waals surface area contributed by atoms with Gasteiger partial charge in [-0.2, -0.15) is 0 Å². The van der Waals surface area contributed by atoms with Gasteiger partial charge < -0.3 is 10.1 Å². The molecule has 0 aromatic heterocycles. The normalized spacial score (nSPS) is 10.1. The topological polar surface area (TPSA) is 50.4 Å². The van der Waals surface area contributed by atoms with Crippen LogP contribution >= 0.6 is 12.2 Å². The smallest absolute Gasteiger partial charge is 0.257 e. The van der Waals surface area contributed by atoms with Gasteiger partial charge in [-0.1, -0.05) is 43.2 Å². The Balaban J connectivity index is 1.96. The highest BCUT2D eigenvalue weighted by Crippen LogP contribution is 2.23.